The summed E-state index contributed by atoms with van der Waals surface area (Å²) in [5.74, 6) is -0.161. The molecule has 0 unspecified atom stereocenters. The van der Waals surface area contributed by atoms with Crippen molar-refractivity contribution in [1.29, 1.82) is 0 Å². The number of sulfonamides is 1. The Morgan fingerprint density at radius 1 is 1.00 bits per heavy atom. The van der Waals surface area contributed by atoms with Crippen molar-refractivity contribution >= 4 is 33.2 Å². The second-order valence-corrected chi connectivity index (χ2v) is 11.2. The summed E-state index contributed by atoms with van der Waals surface area (Å²) in [4.78, 5) is 12.8. The number of rotatable bonds is 7. The molecule has 34 heavy (non-hydrogen) atoms. The minimum absolute atomic E-state index is 0.108. The summed E-state index contributed by atoms with van der Waals surface area (Å²) in [6, 6.07) is 20.2. The van der Waals surface area contributed by atoms with Crippen molar-refractivity contribution in [3.8, 4) is 0 Å². The van der Waals surface area contributed by atoms with Gasteiger partial charge in [-0.05, 0) is 85.2 Å². The van der Waals surface area contributed by atoms with E-state index < -0.39 is 10.0 Å². The fourth-order valence-corrected chi connectivity index (χ4v) is 5.41. The van der Waals surface area contributed by atoms with Gasteiger partial charge in [0, 0.05) is 10.6 Å². The largest absolute Gasteiger partial charge is 0.346 e. The van der Waals surface area contributed by atoms with E-state index >= 15 is 0 Å². The smallest absolute Gasteiger partial charge is 0.251 e. The fraction of sp³-hybridized carbons (Fsp3) is 0.296. The minimum atomic E-state index is -3.52. The molecule has 0 fully saturated rings. The second kappa shape index (κ2) is 10.2. The molecule has 1 aliphatic carbocycles. The monoisotopic (exact) mass is 496 g/mol. The Bertz CT molecular complexity index is 1290. The van der Waals surface area contributed by atoms with E-state index in [1.54, 1.807) is 48.5 Å². The lowest BCUT2D eigenvalue weighted by molar-refractivity contribution is 0.0940. The van der Waals surface area contributed by atoms with Crippen LogP contribution >= 0.6 is 11.6 Å². The van der Waals surface area contributed by atoms with Gasteiger partial charge >= 0.3 is 0 Å². The zero-order valence-corrected chi connectivity index (χ0v) is 21.0. The summed E-state index contributed by atoms with van der Waals surface area (Å²) in [6.45, 7) is 2.14. The maximum atomic E-state index is 12.8. The topological polar surface area (TPSA) is 66.5 Å². The van der Waals surface area contributed by atoms with Crippen LogP contribution in [0.3, 0.4) is 0 Å². The highest BCUT2D eigenvalue weighted by atomic mass is 35.5. The molecule has 7 heteroatoms. The van der Waals surface area contributed by atoms with Gasteiger partial charge in [0.25, 0.3) is 5.91 Å². The molecule has 1 N–H and O–H groups in total. The summed E-state index contributed by atoms with van der Waals surface area (Å²) in [5, 5.41) is 3.54. The molecule has 1 atom stereocenters. The molecule has 3 aromatic carbocycles. The van der Waals surface area contributed by atoms with E-state index in [0.717, 1.165) is 30.2 Å². The molecule has 0 bridgehead atoms. The maximum absolute atomic E-state index is 12.8. The van der Waals surface area contributed by atoms with Gasteiger partial charge in [0.15, 0.2) is 0 Å². The first kappa shape index (κ1) is 24.3. The maximum Gasteiger partial charge on any atom is 0.251 e. The third-order valence-corrected chi connectivity index (χ3v) is 7.63. The normalized spacial score (nSPS) is 14.2. The van der Waals surface area contributed by atoms with E-state index in [1.807, 2.05) is 6.92 Å². The summed E-state index contributed by atoms with van der Waals surface area (Å²) in [5.41, 5.74) is 5.72. The van der Waals surface area contributed by atoms with Crippen LogP contribution in [0, 0.1) is 0 Å². The lowest BCUT2D eigenvalue weighted by Crippen LogP contribution is -2.29. The highest BCUT2D eigenvalue weighted by Gasteiger charge is 2.19. The van der Waals surface area contributed by atoms with Crippen molar-refractivity contribution in [2.45, 2.75) is 45.2 Å². The number of hydrogen-bond acceptors (Lipinski definition) is 3. The first-order valence-corrected chi connectivity index (χ1v) is 13.7. The van der Waals surface area contributed by atoms with Crippen LogP contribution in [0.4, 0.5) is 5.69 Å². The molecule has 0 spiro atoms. The van der Waals surface area contributed by atoms with E-state index in [2.05, 4.69) is 23.5 Å². The van der Waals surface area contributed by atoms with Crippen molar-refractivity contribution in [2.75, 3.05) is 10.6 Å². The number of carbonyl (C=O) groups is 1. The number of nitrogens with one attached hydrogen (secondary N) is 1. The van der Waals surface area contributed by atoms with Crippen LogP contribution in [0.2, 0.25) is 5.02 Å². The molecule has 0 aromatic heterocycles. The Balaban J connectivity index is 1.44. The molecule has 0 saturated carbocycles. The zero-order chi connectivity index (χ0) is 24.3. The lowest BCUT2D eigenvalue weighted by atomic mass is 9.89. The molecule has 0 saturated heterocycles. The number of benzene rings is 3. The van der Waals surface area contributed by atoms with Gasteiger partial charge in [0.1, 0.15) is 0 Å². The van der Waals surface area contributed by atoms with Gasteiger partial charge in [-0.2, -0.15) is 0 Å². The van der Waals surface area contributed by atoms with Crippen LogP contribution in [0.15, 0.2) is 66.7 Å². The van der Waals surface area contributed by atoms with Crippen molar-refractivity contribution in [1.82, 2.24) is 5.32 Å². The van der Waals surface area contributed by atoms with E-state index in [0.29, 0.717) is 16.3 Å². The predicted octanol–water partition coefficient (Wildman–Crippen LogP) is 5.68. The highest BCUT2D eigenvalue weighted by Crippen LogP contribution is 2.26. The number of amides is 1. The third-order valence-electron chi connectivity index (χ3n) is 6.26. The Hall–Kier alpha value is -2.83. The second-order valence-electron chi connectivity index (χ2n) is 8.88. The molecular formula is C27H29ClN2O3S. The standard InChI is InChI=1S/C27H29ClN2O3S/c1-19(23-15-14-21-6-3-4-7-24(21)16-23)29-27(31)22-12-10-20(11-13-22)18-30(34(2,32)33)26-9-5-8-25(28)17-26/h5,8-17,19H,3-4,6-7,18H2,1-2H3,(H,29,31)/t19-/m1/s1. The number of nitrogens with zero attached hydrogens (tertiary/aromatic N) is 1. The predicted molar refractivity (Wildman–Crippen MR) is 138 cm³/mol. The first-order chi connectivity index (χ1) is 16.2. The van der Waals surface area contributed by atoms with E-state index in [4.69, 9.17) is 11.6 Å². The summed E-state index contributed by atoms with van der Waals surface area (Å²) in [6.07, 6.45) is 5.87. The van der Waals surface area contributed by atoms with Gasteiger partial charge in [-0.1, -0.05) is 48.0 Å². The summed E-state index contributed by atoms with van der Waals surface area (Å²) < 4.78 is 26.1. The zero-order valence-electron chi connectivity index (χ0n) is 19.4. The van der Waals surface area contributed by atoms with Gasteiger partial charge in [-0.3, -0.25) is 9.10 Å². The molecule has 0 aliphatic heterocycles. The molecule has 1 aliphatic rings. The van der Waals surface area contributed by atoms with Crippen molar-refractivity contribution < 1.29 is 13.2 Å². The average Bonchev–Trinajstić information content (AvgIpc) is 2.81. The van der Waals surface area contributed by atoms with Gasteiger partial charge in [-0.25, -0.2) is 8.42 Å². The van der Waals surface area contributed by atoms with Crippen molar-refractivity contribution in [2.24, 2.45) is 0 Å². The summed E-state index contributed by atoms with van der Waals surface area (Å²) in [7, 11) is -3.52. The van der Waals surface area contributed by atoms with Crippen molar-refractivity contribution in [3.05, 3.63) is 99.6 Å². The molecule has 0 radical (unpaired) electrons. The molecule has 178 valence electrons. The number of carbonyl (C=O) groups excluding carboxylic acids is 1. The molecule has 0 heterocycles. The molecule has 4 rings (SSSR count). The van der Waals surface area contributed by atoms with Gasteiger partial charge in [0.05, 0.1) is 24.5 Å². The van der Waals surface area contributed by atoms with E-state index in [1.165, 1.54) is 28.3 Å². The Kier molecular flexibility index (Phi) is 7.29. The fourth-order valence-electron chi connectivity index (χ4n) is 4.34. The number of anilines is 1. The van der Waals surface area contributed by atoms with Gasteiger partial charge in [-0.15, -0.1) is 0 Å². The number of aryl methyl sites for hydroxylation is 2. The molecule has 3 aromatic rings. The summed E-state index contributed by atoms with van der Waals surface area (Å²) >= 11 is 6.05. The molecular weight excluding hydrogens is 468 g/mol. The van der Waals surface area contributed by atoms with Gasteiger partial charge in [0.2, 0.25) is 10.0 Å². The van der Waals surface area contributed by atoms with Crippen molar-refractivity contribution in [3.63, 3.8) is 0 Å². The SMILES string of the molecule is C[C@@H](NC(=O)c1ccc(CN(c2cccc(Cl)c2)S(C)(=O)=O)cc1)c1ccc2c(c1)CCCC2. The Morgan fingerprint density at radius 2 is 1.71 bits per heavy atom. The van der Waals surface area contributed by atoms with Gasteiger partial charge < -0.3 is 5.32 Å². The number of fused-ring (bicyclic) bond motifs is 1. The van der Waals surface area contributed by atoms with Crippen LogP contribution in [-0.2, 0) is 29.4 Å². The van der Waals surface area contributed by atoms with Crippen LogP contribution < -0.4 is 9.62 Å². The quantitative estimate of drug-likeness (QED) is 0.458. The van der Waals surface area contributed by atoms with E-state index in [-0.39, 0.29) is 18.5 Å². The first-order valence-electron chi connectivity index (χ1n) is 11.5. The van der Waals surface area contributed by atoms with Crippen LogP contribution in [0.5, 0.6) is 0 Å². The third kappa shape index (κ3) is 5.80. The number of halogens is 1. The molecule has 1 amide bonds. The Morgan fingerprint density at radius 3 is 2.38 bits per heavy atom. The highest BCUT2D eigenvalue weighted by molar-refractivity contribution is 7.92. The van der Waals surface area contributed by atoms with Crippen LogP contribution in [0.25, 0.3) is 0 Å². The van der Waals surface area contributed by atoms with Crippen LogP contribution in [0.1, 0.15) is 58.4 Å². The average molecular weight is 497 g/mol. The lowest BCUT2D eigenvalue weighted by Gasteiger charge is -2.23. The Labute approximate surface area is 206 Å². The molecule has 5 nitrogen and oxygen atoms in total. The minimum Gasteiger partial charge on any atom is -0.346 e. The van der Waals surface area contributed by atoms with E-state index in [9.17, 15) is 13.2 Å². The number of hydrogen-bond donors (Lipinski definition) is 1. The van der Waals surface area contributed by atoms with Crippen LogP contribution in [-0.4, -0.2) is 20.6 Å².